The topological polar surface area (TPSA) is 51.3 Å². The number of aryl methyl sites for hydroxylation is 1. The van der Waals surface area contributed by atoms with Gasteiger partial charge in [0.05, 0.1) is 5.69 Å². The van der Waals surface area contributed by atoms with Crippen LogP contribution in [-0.2, 0) is 6.54 Å². The zero-order valence-corrected chi connectivity index (χ0v) is 15.9. The molecule has 1 aliphatic rings. The van der Waals surface area contributed by atoms with Crippen LogP contribution in [0.15, 0.2) is 58.1 Å². The molecule has 4 heterocycles. The highest BCUT2D eigenvalue weighted by Gasteiger charge is 2.14. The molecular weight excluding hydrogens is 362 g/mol. The highest BCUT2D eigenvalue weighted by molar-refractivity contribution is 6.34. The number of nitrogens with zero attached hydrogens (tertiary/aromatic N) is 3. The average molecular weight is 384 g/mol. The van der Waals surface area contributed by atoms with Gasteiger partial charge in [-0.1, -0.05) is 23.7 Å². The van der Waals surface area contributed by atoms with E-state index in [9.17, 15) is 4.79 Å². The summed E-state index contributed by atoms with van der Waals surface area (Å²) < 4.78 is 7.10. The van der Waals surface area contributed by atoms with Crippen LogP contribution in [0.3, 0.4) is 0 Å². The Labute approximate surface area is 162 Å². The number of halogens is 1. The second-order valence-electron chi connectivity index (χ2n) is 6.82. The summed E-state index contributed by atoms with van der Waals surface area (Å²) in [6.45, 7) is 3.68. The summed E-state index contributed by atoms with van der Waals surface area (Å²) in [4.78, 5) is 19.1. The highest BCUT2D eigenvalue weighted by atomic mass is 35.5. The molecule has 1 aliphatic heterocycles. The fourth-order valence-electron chi connectivity index (χ4n) is 3.60. The van der Waals surface area contributed by atoms with E-state index >= 15 is 0 Å². The minimum atomic E-state index is -0.0355. The quantitative estimate of drug-likeness (QED) is 0.598. The van der Waals surface area contributed by atoms with Gasteiger partial charge in [-0.05, 0) is 49.6 Å². The SMILES string of the molecule is O=c1ccc2occ(Cl)c2n1CCCCN1CC=C(c2ccccn2)CC1. The van der Waals surface area contributed by atoms with Crippen molar-refractivity contribution in [3.63, 3.8) is 0 Å². The fourth-order valence-corrected chi connectivity index (χ4v) is 3.84. The summed E-state index contributed by atoms with van der Waals surface area (Å²) in [5.41, 5.74) is 3.74. The summed E-state index contributed by atoms with van der Waals surface area (Å²) in [6, 6.07) is 9.27. The van der Waals surface area contributed by atoms with Crippen LogP contribution in [0.25, 0.3) is 16.7 Å². The van der Waals surface area contributed by atoms with Crippen molar-refractivity contribution in [2.24, 2.45) is 0 Å². The van der Waals surface area contributed by atoms with Gasteiger partial charge in [0.25, 0.3) is 5.56 Å². The summed E-state index contributed by atoms with van der Waals surface area (Å²) in [5, 5.41) is 0.492. The van der Waals surface area contributed by atoms with E-state index in [1.165, 1.54) is 17.9 Å². The van der Waals surface area contributed by atoms with Gasteiger partial charge in [-0.15, -0.1) is 0 Å². The number of unbranched alkanes of at least 4 members (excludes halogenated alkanes) is 1. The van der Waals surface area contributed by atoms with E-state index in [4.69, 9.17) is 16.0 Å². The number of pyridine rings is 2. The molecule has 0 fully saturated rings. The Hall–Kier alpha value is -2.37. The van der Waals surface area contributed by atoms with Gasteiger partial charge in [-0.3, -0.25) is 14.7 Å². The van der Waals surface area contributed by atoms with Crippen molar-refractivity contribution in [1.29, 1.82) is 0 Å². The first-order chi connectivity index (χ1) is 13.2. The number of hydrogen-bond donors (Lipinski definition) is 0. The van der Waals surface area contributed by atoms with E-state index in [0.717, 1.165) is 44.6 Å². The van der Waals surface area contributed by atoms with Crippen molar-refractivity contribution < 1.29 is 4.42 Å². The Morgan fingerprint density at radius 1 is 1.15 bits per heavy atom. The third-order valence-corrected chi connectivity index (χ3v) is 5.32. The zero-order valence-electron chi connectivity index (χ0n) is 15.1. The molecule has 0 radical (unpaired) electrons. The minimum Gasteiger partial charge on any atom is -0.461 e. The summed E-state index contributed by atoms with van der Waals surface area (Å²) in [5.74, 6) is 0. The second-order valence-corrected chi connectivity index (χ2v) is 7.23. The monoisotopic (exact) mass is 383 g/mol. The molecule has 0 bridgehead atoms. The molecule has 0 atom stereocenters. The predicted molar refractivity (Wildman–Crippen MR) is 108 cm³/mol. The molecule has 0 aromatic carbocycles. The van der Waals surface area contributed by atoms with Gasteiger partial charge in [0, 0.05) is 31.9 Å². The molecule has 27 heavy (non-hydrogen) atoms. The maximum absolute atomic E-state index is 12.2. The zero-order chi connectivity index (χ0) is 18.6. The third kappa shape index (κ3) is 3.99. The highest BCUT2D eigenvalue weighted by Crippen LogP contribution is 2.24. The molecule has 0 saturated heterocycles. The molecule has 3 aromatic heterocycles. The van der Waals surface area contributed by atoms with E-state index in [0.29, 0.717) is 22.7 Å². The standard InChI is InChI=1S/C21H22ClN3O2/c22-17-15-27-19-6-7-20(26)25(21(17)19)12-4-3-11-24-13-8-16(9-14-24)18-5-1-2-10-23-18/h1-2,5-8,10,15H,3-4,9,11-14H2. The Kier molecular flexibility index (Phi) is 5.41. The largest absolute Gasteiger partial charge is 0.461 e. The average Bonchev–Trinajstić information content (AvgIpc) is 3.09. The molecule has 4 rings (SSSR count). The Morgan fingerprint density at radius 2 is 2.04 bits per heavy atom. The van der Waals surface area contributed by atoms with Crippen LogP contribution in [-0.4, -0.2) is 34.1 Å². The summed E-state index contributed by atoms with van der Waals surface area (Å²) in [6.07, 6.45) is 8.60. The Bertz CT molecular complexity index is 1010. The molecule has 140 valence electrons. The predicted octanol–water partition coefficient (Wildman–Crippen LogP) is 4.21. The minimum absolute atomic E-state index is 0.0355. The van der Waals surface area contributed by atoms with Crippen molar-refractivity contribution in [2.45, 2.75) is 25.8 Å². The van der Waals surface area contributed by atoms with Crippen molar-refractivity contribution in [2.75, 3.05) is 19.6 Å². The molecule has 0 aliphatic carbocycles. The number of fused-ring (bicyclic) bond motifs is 1. The van der Waals surface area contributed by atoms with Gasteiger partial charge in [0.15, 0.2) is 5.58 Å². The van der Waals surface area contributed by atoms with Gasteiger partial charge in [0.2, 0.25) is 0 Å². The lowest BCUT2D eigenvalue weighted by molar-refractivity contribution is 0.292. The van der Waals surface area contributed by atoms with Crippen LogP contribution in [0.4, 0.5) is 0 Å². The molecular formula is C21H22ClN3O2. The van der Waals surface area contributed by atoms with Crippen LogP contribution < -0.4 is 5.56 Å². The van der Waals surface area contributed by atoms with Gasteiger partial charge in [-0.25, -0.2) is 0 Å². The fraction of sp³-hybridized carbons (Fsp3) is 0.333. The molecule has 0 amide bonds. The summed E-state index contributed by atoms with van der Waals surface area (Å²) in [7, 11) is 0. The normalized spacial score (nSPS) is 15.2. The maximum Gasteiger partial charge on any atom is 0.251 e. The van der Waals surface area contributed by atoms with Gasteiger partial charge >= 0.3 is 0 Å². The first kappa shape index (κ1) is 18.0. The third-order valence-electron chi connectivity index (χ3n) is 5.06. The van der Waals surface area contributed by atoms with Crippen LogP contribution >= 0.6 is 11.6 Å². The van der Waals surface area contributed by atoms with Gasteiger partial charge in [0.1, 0.15) is 16.8 Å². The van der Waals surface area contributed by atoms with E-state index in [-0.39, 0.29) is 5.56 Å². The van der Waals surface area contributed by atoms with Crippen LogP contribution in [0.1, 0.15) is 25.0 Å². The van der Waals surface area contributed by atoms with E-state index in [1.807, 2.05) is 18.3 Å². The molecule has 0 unspecified atom stereocenters. The lowest BCUT2D eigenvalue weighted by Crippen LogP contribution is -2.30. The molecule has 0 spiro atoms. The number of rotatable bonds is 6. The number of hydrogen-bond acceptors (Lipinski definition) is 4. The van der Waals surface area contributed by atoms with Gasteiger partial charge < -0.3 is 8.98 Å². The van der Waals surface area contributed by atoms with Gasteiger partial charge in [-0.2, -0.15) is 0 Å². The first-order valence-electron chi connectivity index (χ1n) is 9.32. The second kappa shape index (κ2) is 8.11. The lowest BCUT2D eigenvalue weighted by atomic mass is 10.0. The van der Waals surface area contributed by atoms with Crippen LogP contribution in [0.2, 0.25) is 5.02 Å². The number of aromatic nitrogens is 2. The van der Waals surface area contributed by atoms with Crippen LogP contribution in [0.5, 0.6) is 0 Å². The van der Waals surface area contributed by atoms with E-state index < -0.39 is 0 Å². The summed E-state index contributed by atoms with van der Waals surface area (Å²) >= 11 is 6.18. The number of furan rings is 1. The molecule has 0 N–H and O–H groups in total. The van der Waals surface area contributed by atoms with Crippen molar-refractivity contribution in [3.05, 3.63) is 69.9 Å². The molecule has 5 nitrogen and oxygen atoms in total. The molecule has 3 aromatic rings. The Balaban J connectivity index is 1.31. The van der Waals surface area contributed by atoms with Crippen molar-refractivity contribution in [1.82, 2.24) is 14.5 Å². The lowest BCUT2D eigenvalue weighted by Gasteiger charge is -2.26. The van der Waals surface area contributed by atoms with Crippen molar-refractivity contribution in [3.8, 4) is 0 Å². The molecule has 0 saturated carbocycles. The van der Waals surface area contributed by atoms with Crippen molar-refractivity contribution >= 4 is 28.3 Å². The van der Waals surface area contributed by atoms with Crippen LogP contribution in [0, 0.1) is 0 Å². The Morgan fingerprint density at radius 3 is 2.81 bits per heavy atom. The van der Waals surface area contributed by atoms with E-state index in [2.05, 4.69) is 22.0 Å². The molecule has 6 heteroatoms. The smallest absolute Gasteiger partial charge is 0.251 e. The van der Waals surface area contributed by atoms with E-state index in [1.54, 1.807) is 10.6 Å². The first-order valence-corrected chi connectivity index (χ1v) is 9.69. The maximum atomic E-state index is 12.2.